The Balaban J connectivity index is 1.75. The second-order valence-corrected chi connectivity index (χ2v) is 4.78. The maximum atomic E-state index is 10.4. The van der Waals surface area contributed by atoms with Crippen LogP contribution in [0.3, 0.4) is 0 Å². The highest BCUT2D eigenvalue weighted by molar-refractivity contribution is 5.79. The van der Waals surface area contributed by atoms with E-state index in [1.54, 1.807) is 0 Å². The van der Waals surface area contributed by atoms with Crippen LogP contribution >= 0.6 is 0 Å². The Labute approximate surface area is 121 Å². The summed E-state index contributed by atoms with van der Waals surface area (Å²) < 4.78 is 0. The van der Waals surface area contributed by atoms with E-state index in [0.29, 0.717) is 13.0 Å². The lowest BCUT2D eigenvalue weighted by atomic mass is 10.1. The summed E-state index contributed by atoms with van der Waals surface area (Å²) in [5.74, 6) is 0.839. The second kappa shape index (κ2) is 5.66. The van der Waals surface area contributed by atoms with Gasteiger partial charge in [-0.2, -0.15) is 0 Å². The predicted molar refractivity (Wildman–Crippen MR) is 81.3 cm³/mol. The first-order chi connectivity index (χ1) is 10.2. The summed E-state index contributed by atoms with van der Waals surface area (Å²) in [5.41, 5.74) is 4.06. The molecular weight excluding hydrogens is 266 g/mol. The third kappa shape index (κ3) is 3.02. The van der Waals surface area contributed by atoms with Crippen LogP contribution in [-0.2, 0) is 6.42 Å². The Hall–Kier alpha value is -2.82. The minimum atomic E-state index is -0.992. The van der Waals surface area contributed by atoms with Crippen LogP contribution in [0.5, 0.6) is 0 Å². The van der Waals surface area contributed by atoms with Crippen molar-refractivity contribution in [3.63, 3.8) is 0 Å². The van der Waals surface area contributed by atoms with E-state index in [4.69, 9.17) is 5.11 Å². The van der Waals surface area contributed by atoms with E-state index in [-0.39, 0.29) is 0 Å². The zero-order chi connectivity index (χ0) is 14.7. The van der Waals surface area contributed by atoms with Gasteiger partial charge in [-0.1, -0.05) is 36.4 Å². The van der Waals surface area contributed by atoms with E-state index in [9.17, 15) is 4.79 Å². The first kappa shape index (κ1) is 13.2. The van der Waals surface area contributed by atoms with Crippen molar-refractivity contribution in [2.24, 2.45) is 0 Å². The van der Waals surface area contributed by atoms with Crippen molar-refractivity contribution in [1.82, 2.24) is 15.3 Å². The number of fused-ring (bicyclic) bond motifs is 1. The van der Waals surface area contributed by atoms with Gasteiger partial charge >= 0.3 is 6.09 Å². The number of para-hydroxylation sites is 2. The molecule has 3 rings (SSSR count). The molecule has 5 nitrogen and oxygen atoms in total. The van der Waals surface area contributed by atoms with Crippen LogP contribution in [-0.4, -0.2) is 27.7 Å². The van der Waals surface area contributed by atoms with Crippen molar-refractivity contribution in [3.8, 4) is 11.4 Å². The lowest BCUT2D eigenvalue weighted by Gasteiger charge is -2.03. The van der Waals surface area contributed by atoms with Crippen LogP contribution in [0, 0.1) is 0 Å². The molecule has 106 valence electrons. The minimum absolute atomic E-state index is 0.416. The number of hydrogen-bond donors (Lipinski definition) is 3. The minimum Gasteiger partial charge on any atom is -0.465 e. The van der Waals surface area contributed by atoms with E-state index in [0.717, 1.165) is 28.0 Å². The summed E-state index contributed by atoms with van der Waals surface area (Å²) in [6, 6.07) is 15.9. The Morgan fingerprint density at radius 1 is 1.14 bits per heavy atom. The fourth-order valence-electron chi connectivity index (χ4n) is 2.23. The Kier molecular flexibility index (Phi) is 3.55. The van der Waals surface area contributed by atoms with Gasteiger partial charge in [0, 0.05) is 12.1 Å². The number of H-pyrrole nitrogens is 1. The van der Waals surface area contributed by atoms with E-state index >= 15 is 0 Å². The number of aromatic nitrogens is 2. The highest BCUT2D eigenvalue weighted by Crippen LogP contribution is 2.20. The third-order valence-electron chi connectivity index (χ3n) is 3.31. The molecule has 0 unspecified atom stereocenters. The Morgan fingerprint density at radius 3 is 2.62 bits per heavy atom. The number of carboxylic acid groups (broad SMARTS) is 1. The first-order valence-corrected chi connectivity index (χ1v) is 6.73. The highest BCUT2D eigenvalue weighted by Gasteiger charge is 2.04. The Morgan fingerprint density at radius 2 is 1.90 bits per heavy atom. The number of aromatic amines is 1. The molecule has 0 aliphatic carbocycles. The van der Waals surface area contributed by atoms with Crippen molar-refractivity contribution in [2.75, 3.05) is 6.54 Å². The molecule has 5 heteroatoms. The van der Waals surface area contributed by atoms with Crippen LogP contribution in [0.25, 0.3) is 22.4 Å². The van der Waals surface area contributed by atoms with Crippen LogP contribution in [0.1, 0.15) is 5.56 Å². The zero-order valence-electron chi connectivity index (χ0n) is 11.3. The van der Waals surface area contributed by atoms with Crippen LogP contribution in [0.4, 0.5) is 4.79 Å². The molecule has 0 radical (unpaired) electrons. The highest BCUT2D eigenvalue weighted by atomic mass is 16.4. The molecule has 0 bridgehead atoms. The van der Waals surface area contributed by atoms with Crippen molar-refractivity contribution < 1.29 is 9.90 Å². The quantitative estimate of drug-likeness (QED) is 0.687. The molecule has 0 spiro atoms. The monoisotopic (exact) mass is 281 g/mol. The summed E-state index contributed by atoms with van der Waals surface area (Å²) >= 11 is 0. The smallest absolute Gasteiger partial charge is 0.404 e. The van der Waals surface area contributed by atoms with Gasteiger partial charge in [-0.15, -0.1) is 0 Å². The number of nitrogens with zero attached hydrogens (tertiary/aromatic N) is 1. The molecule has 0 aliphatic rings. The maximum absolute atomic E-state index is 10.4. The number of amides is 1. The van der Waals surface area contributed by atoms with Gasteiger partial charge in [0.15, 0.2) is 0 Å². The van der Waals surface area contributed by atoms with Gasteiger partial charge in [0.25, 0.3) is 0 Å². The zero-order valence-corrected chi connectivity index (χ0v) is 11.3. The molecule has 0 aliphatic heterocycles. The molecule has 0 fully saturated rings. The van der Waals surface area contributed by atoms with E-state index in [1.165, 1.54) is 0 Å². The van der Waals surface area contributed by atoms with Gasteiger partial charge in [-0.3, -0.25) is 0 Å². The van der Waals surface area contributed by atoms with Crippen LogP contribution < -0.4 is 5.32 Å². The second-order valence-electron chi connectivity index (χ2n) is 4.78. The fourth-order valence-corrected chi connectivity index (χ4v) is 2.23. The lowest BCUT2D eigenvalue weighted by Crippen LogP contribution is -2.23. The first-order valence-electron chi connectivity index (χ1n) is 6.73. The summed E-state index contributed by atoms with van der Waals surface area (Å²) in [5, 5.41) is 10.9. The van der Waals surface area contributed by atoms with E-state index < -0.39 is 6.09 Å². The number of rotatable bonds is 4. The molecule has 1 heterocycles. The summed E-state index contributed by atoms with van der Waals surface area (Å²) in [6.07, 6.45) is -0.318. The summed E-state index contributed by atoms with van der Waals surface area (Å²) in [4.78, 5) is 18.2. The maximum Gasteiger partial charge on any atom is 0.404 e. The Bertz CT molecular complexity index is 730. The third-order valence-corrected chi connectivity index (χ3v) is 3.31. The standard InChI is InChI=1S/C16H15N3O2/c20-16(21)17-10-9-11-5-7-12(8-6-11)15-18-13-3-1-2-4-14(13)19-15/h1-8,17H,9-10H2,(H,18,19)(H,20,21). The van der Waals surface area contributed by atoms with Crippen molar-refractivity contribution in [1.29, 1.82) is 0 Å². The molecule has 0 saturated carbocycles. The van der Waals surface area contributed by atoms with Crippen LogP contribution in [0.2, 0.25) is 0 Å². The van der Waals surface area contributed by atoms with E-state index in [2.05, 4.69) is 15.3 Å². The average molecular weight is 281 g/mol. The molecular formula is C16H15N3O2. The van der Waals surface area contributed by atoms with Gasteiger partial charge in [0.05, 0.1) is 11.0 Å². The summed E-state index contributed by atoms with van der Waals surface area (Å²) in [6.45, 7) is 0.416. The topological polar surface area (TPSA) is 78.0 Å². The van der Waals surface area contributed by atoms with Crippen molar-refractivity contribution >= 4 is 17.1 Å². The average Bonchev–Trinajstić information content (AvgIpc) is 2.91. The SMILES string of the molecule is O=C(O)NCCc1ccc(-c2nc3ccccc3[nH]2)cc1. The van der Waals surface area contributed by atoms with Gasteiger partial charge in [0.2, 0.25) is 0 Å². The van der Waals surface area contributed by atoms with Gasteiger partial charge in [0.1, 0.15) is 5.82 Å². The largest absolute Gasteiger partial charge is 0.465 e. The molecule has 1 aromatic heterocycles. The number of nitrogens with one attached hydrogen (secondary N) is 2. The predicted octanol–water partition coefficient (Wildman–Crippen LogP) is 3.04. The number of hydrogen-bond acceptors (Lipinski definition) is 2. The van der Waals surface area contributed by atoms with Gasteiger partial charge < -0.3 is 15.4 Å². The lowest BCUT2D eigenvalue weighted by molar-refractivity contribution is 0.194. The molecule has 0 saturated heterocycles. The molecule has 1 amide bonds. The molecule has 2 aromatic carbocycles. The van der Waals surface area contributed by atoms with Crippen molar-refractivity contribution in [3.05, 3.63) is 54.1 Å². The normalized spacial score (nSPS) is 10.7. The van der Waals surface area contributed by atoms with Crippen molar-refractivity contribution in [2.45, 2.75) is 6.42 Å². The van der Waals surface area contributed by atoms with Gasteiger partial charge in [-0.05, 0) is 24.1 Å². The molecule has 3 aromatic rings. The number of imidazole rings is 1. The fraction of sp³-hybridized carbons (Fsp3) is 0.125. The number of carbonyl (C=O) groups is 1. The number of benzene rings is 2. The summed E-state index contributed by atoms with van der Waals surface area (Å²) in [7, 11) is 0. The molecule has 0 atom stereocenters. The van der Waals surface area contributed by atoms with E-state index in [1.807, 2.05) is 48.5 Å². The van der Waals surface area contributed by atoms with Gasteiger partial charge in [-0.25, -0.2) is 9.78 Å². The molecule has 21 heavy (non-hydrogen) atoms. The molecule has 3 N–H and O–H groups in total. The van der Waals surface area contributed by atoms with Crippen LogP contribution in [0.15, 0.2) is 48.5 Å².